The first-order valence-electron chi connectivity index (χ1n) is 6.75. The summed E-state index contributed by atoms with van der Waals surface area (Å²) in [5.41, 5.74) is 7.07. The van der Waals surface area contributed by atoms with Crippen molar-refractivity contribution in [1.29, 1.82) is 0 Å². The van der Waals surface area contributed by atoms with E-state index in [4.69, 9.17) is 5.73 Å². The Morgan fingerprint density at radius 3 is 2.62 bits per heavy atom. The fourth-order valence-electron chi connectivity index (χ4n) is 2.03. The van der Waals surface area contributed by atoms with E-state index in [1.54, 1.807) is 0 Å². The zero-order chi connectivity index (χ0) is 15.3. The van der Waals surface area contributed by atoms with E-state index in [1.165, 1.54) is 24.0 Å². The third-order valence-electron chi connectivity index (χ3n) is 3.17. The van der Waals surface area contributed by atoms with Crippen molar-refractivity contribution >= 4 is 15.7 Å². The average molecular weight is 305 g/mol. The molecule has 6 heteroatoms. The van der Waals surface area contributed by atoms with Crippen LogP contribution in [0.4, 0.5) is 5.69 Å². The van der Waals surface area contributed by atoms with Crippen molar-refractivity contribution < 1.29 is 8.42 Å². The van der Waals surface area contributed by atoms with Crippen molar-refractivity contribution in [2.45, 2.75) is 30.7 Å². The molecule has 112 valence electrons. The van der Waals surface area contributed by atoms with Crippen LogP contribution in [0.1, 0.15) is 18.9 Å². The van der Waals surface area contributed by atoms with Crippen LogP contribution in [0.25, 0.3) is 0 Å². The first-order valence-corrected chi connectivity index (χ1v) is 8.23. The SMILES string of the molecule is CC(CCc1ccccc1)NS(=O)(=O)c1cnccc1N. The number of nitrogens with one attached hydrogen (secondary N) is 1. The van der Waals surface area contributed by atoms with E-state index in [9.17, 15) is 8.42 Å². The van der Waals surface area contributed by atoms with Crippen LogP contribution in [0.3, 0.4) is 0 Å². The van der Waals surface area contributed by atoms with Crippen LogP contribution in [0.5, 0.6) is 0 Å². The van der Waals surface area contributed by atoms with Gasteiger partial charge in [0.25, 0.3) is 0 Å². The highest BCUT2D eigenvalue weighted by Gasteiger charge is 2.20. The monoisotopic (exact) mass is 305 g/mol. The molecule has 0 saturated carbocycles. The van der Waals surface area contributed by atoms with E-state index in [1.807, 2.05) is 37.3 Å². The van der Waals surface area contributed by atoms with Crippen LogP contribution in [0.15, 0.2) is 53.7 Å². The number of rotatable bonds is 6. The summed E-state index contributed by atoms with van der Waals surface area (Å²) < 4.78 is 27.1. The Balaban J connectivity index is 1.99. The third kappa shape index (κ3) is 4.27. The number of nitrogen functional groups attached to an aromatic ring is 1. The van der Waals surface area contributed by atoms with E-state index in [0.717, 1.165) is 6.42 Å². The predicted octanol–water partition coefficient (Wildman–Crippen LogP) is 1.96. The summed E-state index contributed by atoms with van der Waals surface area (Å²) in [6.07, 6.45) is 4.26. The number of nitrogens with zero attached hydrogens (tertiary/aromatic N) is 1. The molecule has 0 aliphatic carbocycles. The highest BCUT2D eigenvalue weighted by atomic mass is 32.2. The Labute approximate surface area is 125 Å². The molecule has 0 aliphatic heterocycles. The van der Waals surface area contributed by atoms with Crippen molar-refractivity contribution in [3.63, 3.8) is 0 Å². The number of aromatic nitrogens is 1. The van der Waals surface area contributed by atoms with Gasteiger partial charge >= 0.3 is 0 Å². The summed E-state index contributed by atoms with van der Waals surface area (Å²) in [6.45, 7) is 1.84. The Kier molecular flexibility index (Phi) is 4.93. The quantitative estimate of drug-likeness (QED) is 0.854. The maximum Gasteiger partial charge on any atom is 0.244 e. The van der Waals surface area contributed by atoms with Gasteiger partial charge in [-0.3, -0.25) is 4.98 Å². The molecule has 0 bridgehead atoms. The number of hydrogen-bond donors (Lipinski definition) is 2. The summed E-state index contributed by atoms with van der Waals surface area (Å²) in [7, 11) is -3.63. The van der Waals surface area contributed by atoms with Crippen molar-refractivity contribution in [3.8, 4) is 0 Å². The Hall–Kier alpha value is -1.92. The van der Waals surface area contributed by atoms with Gasteiger partial charge < -0.3 is 5.73 Å². The normalized spacial score (nSPS) is 13.0. The van der Waals surface area contributed by atoms with Crippen LogP contribution in [-0.2, 0) is 16.4 Å². The number of sulfonamides is 1. The fourth-order valence-corrected chi connectivity index (χ4v) is 3.38. The zero-order valence-electron chi connectivity index (χ0n) is 11.9. The van der Waals surface area contributed by atoms with Crippen LogP contribution < -0.4 is 10.5 Å². The van der Waals surface area contributed by atoms with E-state index >= 15 is 0 Å². The lowest BCUT2D eigenvalue weighted by atomic mass is 10.1. The Morgan fingerprint density at radius 1 is 1.24 bits per heavy atom. The second-order valence-corrected chi connectivity index (χ2v) is 6.64. The first-order chi connectivity index (χ1) is 9.99. The summed E-state index contributed by atoms with van der Waals surface area (Å²) in [5.74, 6) is 0. The minimum atomic E-state index is -3.63. The lowest BCUT2D eigenvalue weighted by Crippen LogP contribution is -2.33. The highest BCUT2D eigenvalue weighted by molar-refractivity contribution is 7.89. The molecule has 0 saturated heterocycles. The summed E-state index contributed by atoms with van der Waals surface area (Å²) in [6, 6.07) is 11.3. The molecule has 21 heavy (non-hydrogen) atoms. The number of aryl methyl sites for hydroxylation is 1. The van der Waals surface area contributed by atoms with Crippen molar-refractivity contribution in [1.82, 2.24) is 9.71 Å². The maximum absolute atomic E-state index is 12.2. The predicted molar refractivity (Wildman–Crippen MR) is 83.2 cm³/mol. The molecule has 1 heterocycles. The number of nitrogens with two attached hydrogens (primary N) is 1. The van der Waals surface area contributed by atoms with Gasteiger partial charge in [-0.25, -0.2) is 13.1 Å². The molecule has 1 aromatic carbocycles. The van der Waals surface area contributed by atoms with Crippen LogP contribution in [0.2, 0.25) is 0 Å². The number of pyridine rings is 1. The lowest BCUT2D eigenvalue weighted by molar-refractivity contribution is 0.547. The standard InChI is InChI=1S/C15H19N3O2S/c1-12(7-8-13-5-3-2-4-6-13)18-21(19,20)15-11-17-10-9-14(15)16/h2-6,9-12,18H,7-8H2,1H3,(H2,16,17). The van der Waals surface area contributed by atoms with Crippen LogP contribution in [-0.4, -0.2) is 19.4 Å². The van der Waals surface area contributed by atoms with Crippen molar-refractivity contribution in [2.75, 3.05) is 5.73 Å². The third-order valence-corrected chi connectivity index (χ3v) is 4.80. The molecule has 1 atom stereocenters. The molecular weight excluding hydrogens is 286 g/mol. The molecule has 1 aromatic heterocycles. The van der Waals surface area contributed by atoms with Gasteiger partial charge in [0.05, 0.1) is 5.69 Å². The molecule has 1 unspecified atom stereocenters. The molecule has 2 aromatic rings. The molecule has 5 nitrogen and oxygen atoms in total. The molecule has 2 rings (SSSR count). The number of anilines is 1. The topological polar surface area (TPSA) is 85.1 Å². The highest BCUT2D eigenvalue weighted by Crippen LogP contribution is 2.16. The van der Waals surface area contributed by atoms with Crippen molar-refractivity contribution in [3.05, 3.63) is 54.4 Å². The molecule has 3 N–H and O–H groups in total. The Morgan fingerprint density at radius 2 is 1.95 bits per heavy atom. The van der Waals surface area contributed by atoms with E-state index in [0.29, 0.717) is 6.42 Å². The molecule has 0 aliphatic rings. The second-order valence-electron chi connectivity index (χ2n) is 4.96. The van der Waals surface area contributed by atoms with Crippen molar-refractivity contribution in [2.24, 2.45) is 0 Å². The average Bonchev–Trinajstić information content (AvgIpc) is 2.46. The summed E-state index contributed by atoms with van der Waals surface area (Å²) in [4.78, 5) is 3.84. The zero-order valence-corrected chi connectivity index (χ0v) is 12.7. The van der Waals surface area contributed by atoms with E-state index in [2.05, 4.69) is 9.71 Å². The maximum atomic E-state index is 12.2. The van der Waals surface area contributed by atoms with Gasteiger partial charge in [0.2, 0.25) is 10.0 Å². The fraction of sp³-hybridized carbons (Fsp3) is 0.267. The molecule has 0 radical (unpaired) electrons. The van der Waals surface area contributed by atoms with Gasteiger partial charge in [0.1, 0.15) is 4.90 Å². The second kappa shape index (κ2) is 6.69. The van der Waals surface area contributed by atoms with E-state index in [-0.39, 0.29) is 16.6 Å². The minimum absolute atomic E-state index is 0.0246. The van der Waals surface area contributed by atoms with E-state index < -0.39 is 10.0 Å². The molecular formula is C15H19N3O2S. The summed E-state index contributed by atoms with van der Waals surface area (Å²) in [5, 5.41) is 0. The largest absolute Gasteiger partial charge is 0.398 e. The van der Waals surface area contributed by atoms with Gasteiger partial charge in [0, 0.05) is 18.4 Å². The van der Waals surface area contributed by atoms with Crippen LogP contribution >= 0.6 is 0 Å². The van der Waals surface area contributed by atoms with Gasteiger partial charge in [-0.05, 0) is 31.4 Å². The molecule has 0 fully saturated rings. The van der Waals surface area contributed by atoms with Gasteiger partial charge in [-0.2, -0.15) is 0 Å². The molecule has 0 spiro atoms. The smallest absolute Gasteiger partial charge is 0.244 e. The minimum Gasteiger partial charge on any atom is -0.398 e. The first kappa shape index (κ1) is 15.5. The molecule has 0 amide bonds. The van der Waals surface area contributed by atoms with Gasteiger partial charge in [-0.15, -0.1) is 0 Å². The van der Waals surface area contributed by atoms with Crippen LogP contribution in [0, 0.1) is 0 Å². The lowest BCUT2D eigenvalue weighted by Gasteiger charge is -2.15. The van der Waals surface area contributed by atoms with Gasteiger partial charge in [-0.1, -0.05) is 30.3 Å². The Bertz CT molecular complexity index is 687. The van der Waals surface area contributed by atoms with Gasteiger partial charge in [0.15, 0.2) is 0 Å². The number of benzene rings is 1. The summed E-state index contributed by atoms with van der Waals surface area (Å²) >= 11 is 0. The number of hydrogen-bond acceptors (Lipinski definition) is 4.